The van der Waals surface area contributed by atoms with E-state index in [1.54, 1.807) is 19.2 Å². The van der Waals surface area contributed by atoms with Crippen molar-refractivity contribution in [1.82, 2.24) is 5.16 Å². The van der Waals surface area contributed by atoms with E-state index in [9.17, 15) is 4.79 Å². The van der Waals surface area contributed by atoms with Crippen LogP contribution in [0.15, 0.2) is 71.4 Å². The van der Waals surface area contributed by atoms with Gasteiger partial charge in [0.1, 0.15) is 11.3 Å². The van der Waals surface area contributed by atoms with Crippen molar-refractivity contribution < 1.29 is 14.1 Å². The fourth-order valence-corrected chi connectivity index (χ4v) is 2.43. The van der Waals surface area contributed by atoms with Crippen molar-refractivity contribution in [2.24, 2.45) is 0 Å². The maximum atomic E-state index is 12.8. The number of aryl methyl sites for hydroxylation is 1. The summed E-state index contributed by atoms with van der Waals surface area (Å²) in [5.74, 6) is 0.884. The van der Waals surface area contributed by atoms with Gasteiger partial charge in [0, 0.05) is 23.6 Å². The Bertz CT molecular complexity index is 915. The molecule has 0 spiro atoms. The van der Waals surface area contributed by atoms with E-state index in [-0.39, 0.29) is 5.91 Å². The molecule has 0 fully saturated rings. The molecule has 1 aromatic heterocycles. The van der Waals surface area contributed by atoms with E-state index in [1.807, 2.05) is 61.5 Å². The number of hydrogen-bond donors (Lipinski definition) is 2. The molecule has 1 amide bonds. The topological polar surface area (TPSA) is 76.4 Å². The Labute approximate surface area is 157 Å². The first kappa shape index (κ1) is 18.3. The van der Waals surface area contributed by atoms with E-state index in [4.69, 9.17) is 9.26 Å². The lowest BCUT2D eigenvalue weighted by Crippen LogP contribution is -2.14. The van der Waals surface area contributed by atoms with Crippen LogP contribution >= 0.6 is 0 Å². The van der Waals surface area contributed by atoms with Crippen LogP contribution in [0.5, 0.6) is 5.75 Å². The summed E-state index contributed by atoms with van der Waals surface area (Å²) in [4.78, 5) is 12.8. The van der Waals surface area contributed by atoms with Crippen molar-refractivity contribution in [1.29, 1.82) is 0 Å². The number of rotatable bonds is 7. The molecular formula is C21H21N3O3. The molecule has 0 bridgehead atoms. The van der Waals surface area contributed by atoms with E-state index in [2.05, 4.69) is 15.8 Å². The lowest BCUT2D eigenvalue weighted by molar-refractivity contribution is -0.111. The molecule has 3 aromatic rings. The minimum Gasteiger partial charge on any atom is -0.494 e. The van der Waals surface area contributed by atoms with Crippen LogP contribution in [0.25, 0.3) is 5.57 Å². The molecule has 0 aliphatic carbocycles. The molecule has 138 valence electrons. The monoisotopic (exact) mass is 363 g/mol. The van der Waals surface area contributed by atoms with Gasteiger partial charge in [-0.25, -0.2) is 0 Å². The summed E-state index contributed by atoms with van der Waals surface area (Å²) >= 11 is 0. The smallest absolute Gasteiger partial charge is 0.261 e. The van der Waals surface area contributed by atoms with Crippen LogP contribution in [0.2, 0.25) is 0 Å². The number of nitrogens with zero attached hydrogens (tertiary/aromatic N) is 1. The predicted octanol–water partition coefficient (Wildman–Crippen LogP) is 4.47. The summed E-state index contributed by atoms with van der Waals surface area (Å²) in [6, 6.07) is 18.4. The Hall–Kier alpha value is -3.54. The van der Waals surface area contributed by atoms with Crippen molar-refractivity contribution in [2.45, 2.75) is 13.8 Å². The van der Waals surface area contributed by atoms with Gasteiger partial charge in [-0.3, -0.25) is 4.79 Å². The number of ether oxygens (including phenoxy) is 1. The summed E-state index contributed by atoms with van der Waals surface area (Å²) in [6.07, 6.45) is 1.61. The summed E-state index contributed by atoms with van der Waals surface area (Å²) in [5.41, 5.74) is 2.56. The first-order valence-corrected chi connectivity index (χ1v) is 8.65. The SMILES string of the molecule is CCOc1ccc(N/C=C(\C(=O)Nc2ccccc2)c2cc(C)no2)cc1. The first-order valence-electron chi connectivity index (χ1n) is 8.65. The van der Waals surface area contributed by atoms with Crippen LogP contribution < -0.4 is 15.4 Å². The minimum atomic E-state index is -0.296. The van der Waals surface area contributed by atoms with Crippen LogP contribution in [-0.2, 0) is 4.79 Å². The van der Waals surface area contributed by atoms with E-state index in [0.29, 0.717) is 29.3 Å². The van der Waals surface area contributed by atoms with Crippen LogP contribution in [0.1, 0.15) is 18.4 Å². The quantitative estimate of drug-likeness (QED) is 0.606. The summed E-state index contributed by atoms with van der Waals surface area (Å²) < 4.78 is 10.7. The van der Waals surface area contributed by atoms with E-state index in [0.717, 1.165) is 11.4 Å². The average molecular weight is 363 g/mol. The number of carbonyl (C=O) groups is 1. The van der Waals surface area contributed by atoms with Crippen molar-refractivity contribution in [3.8, 4) is 5.75 Å². The van der Waals surface area contributed by atoms with E-state index in [1.165, 1.54) is 0 Å². The Morgan fingerprint density at radius 3 is 2.48 bits per heavy atom. The number of carbonyl (C=O) groups excluding carboxylic acids is 1. The Morgan fingerprint density at radius 2 is 1.85 bits per heavy atom. The molecule has 0 unspecified atom stereocenters. The van der Waals surface area contributed by atoms with Gasteiger partial charge < -0.3 is 19.9 Å². The number of anilines is 2. The molecule has 1 heterocycles. The number of hydrogen-bond acceptors (Lipinski definition) is 5. The second kappa shape index (κ2) is 8.71. The van der Waals surface area contributed by atoms with Crippen molar-refractivity contribution in [2.75, 3.05) is 17.2 Å². The van der Waals surface area contributed by atoms with Crippen LogP contribution in [0, 0.1) is 6.92 Å². The third kappa shape index (κ3) is 4.98. The van der Waals surface area contributed by atoms with E-state index < -0.39 is 0 Å². The Kier molecular flexibility index (Phi) is 5.89. The van der Waals surface area contributed by atoms with Gasteiger partial charge in [-0.2, -0.15) is 0 Å². The maximum absolute atomic E-state index is 12.8. The molecule has 0 atom stereocenters. The molecule has 0 saturated carbocycles. The molecular weight excluding hydrogens is 342 g/mol. The summed E-state index contributed by atoms with van der Waals surface area (Å²) in [5, 5.41) is 9.85. The number of para-hydroxylation sites is 1. The highest BCUT2D eigenvalue weighted by Crippen LogP contribution is 2.20. The summed E-state index contributed by atoms with van der Waals surface area (Å²) in [7, 11) is 0. The Morgan fingerprint density at radius 1 is 1.11 bits per heavy atom. The van der Waals surface area contributed by atoms with Crippen molar-refractivity contribution in [3.05, 3.63) is 78.3 Å². The number of nitrogens with one attached hydrogen (secondary N) is 2. The highest BCUT2D eigenvalue weighted by atomic mass is 16.5. The van der Waals surface area contributed by atoms with Crippen LogP contribution in [-0.4, -0.2) is 17.7 Å². The third-order valence-electron chi connectivity index (χ3n) is 3.72. The fraction of sp³-hybridized carbons (Fsp3) is 0.143. The highest BCUT2D eigenvalue weighted by Gasteiger charge is 2.17. The van der Waals surface area contributed by atoms with Gasteiger partial charge in [-0.15, -0.1) is 0 Å². The zero-order valence-corrected chi connectivity index (χ0v) is 15.2. The van der Waals surface area contributed by atoms with Crippen LogP contribution in [0.3, 0.4) is 0 Å². The zero-order valence-electron chi connectivity index (χ0n) is 15.2. The van der Waals surface area contributed by atoms with Crippen molar-refractivity contribution >= 4 is 22.9 Å². The molecule has 0 saturated heterocycles. The largest absolute Gasteiger partial charge is 0.494 e. The maximum Gasteiger partial charge on any atom is 0.261 e. The fourth-order valence-electron chi connectivity index (χ4n) is 2.43. The zero-order chi connectivity index (χ0) is 19.1. The van der Waals surface area contributed by atoms with Gasteiger partial charge in [-0.05, 0) is 50.2 Å². The molecule has 2 aromatic carbocycles. The molecule has 0 aliphatic rings. The number of amides is 1. The molecule has 0 aliphatic heterocycles. The average Bonchev–Trinajstić information content (AvgIpc) is 3.10. The van der Waals surface area contributed by atoms with Gasteiger partial charge >= 0.3 is 0 Å². The molecule has 6 heteroatoms. The molecule has 2 N–H and O–H groups in total. The van der Waals surface area contributed by atoms with E-state index >= 15 is 0 Å². The minimum absolute atomic E-state index is 0.296. The number of benzene rings is 2. The second-order valence-electron chi connectivity index (χ2n) is 5.81. The number of aromatic nitrogens is 1. The van der Waals surface area contributed by atoms with Gasteiger partial charge in [0.25, 0.3) is 5.91 Å². The highest BCUT2D eigenvalue weighted by molar-refractivity contribution is 6.24. The molecule has 0 radical (unpaired) electrons. The van der Waals surface area contributed by atoms with Gasteiger partial charge in [-0.1, -0.05) is 23.4 Å². The lowest BCUT2D eigenvalue weighted by atomic mass is 10.2. The Balaban J connectivity index is 1.81. The lowest BCUT2D eigenvalue weighted by Gasteiger charge is -2.08. The predicted molar refractivity (Wildman–Crippen MR) is 106 cm³/mol. The summed E-state index contributed by atoms with van der Waals surface area (Å²) in [6.45, 7) is 4.35. The van der Waals surface area contributed by atoms with Crippen LogP contribution in [0.4, 0.5) is 11.4 Å². The molecule has 3 rings (SSSR count). The molecule has 27 heavy (non-hydrogen) atoms. The third-order valence-corrected chi connectivity index (χ3v) is 3.72. The normalized spacial score (nSPS) is 11.1. The first-order chi connectivity index (χ1) is 13.2. The van der Waals surface area contributed by atoms with Gasteiger partial charge in [0.05, 0.1) is 12.3 Å². The van der Waals surface area contributed by atoms with Crippen molar-refractivity contribution in [3.63, 3.8) is 0 Å². The standard InChI is InChI=1S/C21H21N3O3/c1-3-26-18-11-9-16(10-12-18)22-14-19(20-13-15(2)24-27-20)21(25)23-17-7-5-4-6-8-17/h4-14,22H,3H2,1-2H3,(H,23,25)/b19-14-. The van der Waals surface area contributed by atoms with Gasteiger partial charge in [0.2, 0.25) is 0 Å². The molecule has 6 nitrogen and oxygen atoms in total. The second-order valence-corrected chi connectivity index (χ2v) is 5.81. The van der Waals surface area contributed by atoms with Gasteiger partial charge in [0.15, 0.2) is 5.76 Å².